The minimum atomic E-state index is -2.88. The number of carbonyl (C=O) groups excluding carboxylic acids is 2. The van der Waals surface area contributed by atoms with Crippen molar-refractivity contribution in [3.8, 4) is 17.0 Å². The van der Waals surface area contributed by atoms with Gasteiger partial charge in [0.25, 0.3) is 5.91 Å². The third-order valence-corrected chi connectivity index (χ3v) is 7.32. The maximum absolute atomic E-state index is 13.3. The number of aryl methyl sites for hydroxylation is 1. The van der Waals surface area contributed by atoms with Crippen LogP contribution in [0.25, 0.3) is 16.9 Å². The summed E-state index contributed by atoms with van der Waals surface area (Å²) in [4.78, 5) is 38.3. The Hall–Kier alpha value is -4.58. The van der Waals surface area contributed by atoms with E-state index < -0.39 is 12.7 Å². The number of halogens is 2. The van der Waals surface area contributed by atoms with Crippen LogP contribution >= 0.6 is 0 Å². The van der Waals surface area contributed by atoms with Crippen LogP contribution in [0.5, 0.6) is 5.75 Å². The van der Waals surface area contributed by atoms with Gasteiger partial charge in [-0.25, -0.2) is 9.97 Å². The lowest BCUT2D eigenvalue weighted by Crippen LogP contribution is -2.54. The van der Waals surface area contributed by atoms with Crippen LogP contribution < -0.4 is 15.8 Å². The SMILES string of the molecule is CCC[C@@H](N)C(=O)N1CCN(C(=O)c2ccc(Nc3nccn4c(-c5ccc(OC(F)F)cc5)cnc34)cc2C)CC1. The van der Waals surface area contributed by atoms with Crippen LogP contribution in [0, 0.1) is 6.92 Å². The number of anilines is 2. The number of amides is 2. The van der Waals surface area contributed by atoms with Gasteiger partial charge in [-0.3, -0.25) is 14.0 Å². The number of rotatable bonds is 9. The second-order valence-corrected chi connectivity index (χ2v) is 10.2. The number of alkyl halides is 2. The van der Waals surface area contributed by atoms with E-state index in [1.165, 1.54) is 12.1 Å². The largest absolute Gasteiger partial charge is 0.435 e. The molecule has 1 aliphatic rings. The monoisotopic (exact) mass is 577 g/mol. The minimum Gasteiger partial charge on any atom is -0.435 e. The summed E-state index contributed by atoms with van der Waals surface area (Å²) in [7, 11) is 0. The predicted molar refractivity (Wildman–Crippen MR) is 155 cm³/mol. The summed E-state index contributed by atoms with van der Waals surface area (Å²) < 4.78 is 31.3. The zero-order valence-corrected chi connectivity index (χ0v) is 23.5. The van der Waals surface area contributed by atoms with Crippen LogP contribution in [0.4, 0.5) is 20.3 Å². The maximum Gasteiger partial charge on any atom is 0.387 e. The van der Waals surface area contributed by atoms with Gasteiger partial charge in [0, 0.05) is 55.4 Å². The second kappa shape index (κ2) is 12.5. The lowest BCUT2D eigenvalue weighted by Gasteiger charge is -2.36. The molecule has 2 aromatic heterocycles. The first-order valence-corrected chi connectivity index (χ1v) is 13.8. The molecule has 1 saturated heterocycles. The molecule has 0 spiro atoms. The number of fused-ring (bicyclic) bond motifs is 1. The number of imidazole rings is 1. The van der Waals surface area contributed by atoms with E-state index in [4.69, 9.17) is 5.73 Å². The standard InChI is InChI=1S/C30H33F2N7O3/c1-3-4-24(33)29(41)38-15-13-37(14-16-38)28(40)23-10-7-21(17-19(23)2)36-26-27-35-18-25(39(27)12-11-34-26)20-5-8-22(9-6-20)42-30(31)32/h5-12,17-18,24,30H,3-4,13-16,33H2,1-2H3,(H,34,36)/t24-/m1/s1. The number of nitrogens with one attached hydrogen (secondary N) is 1. The van der Waals surface area contributed by atoms with Crippen molar-refractivity contribution in [2.75, 3.05) is 31.5 Å². The van der Waals surface area contributed by atoms with Crippen molar-refractivity contribution in [2.45, 2.75) is 39.3 Å². The number of ether oxygens (including phenoxy) is 1. The summed E-state index contributed by atoms with van der Waals surface area (Å²) >= 11 is 0. The number of nitrogens with two attached hydrogens (primary N) is 1. The van der Waals surface area contributed by atoms with E-state index in [2.05, 4.69) is 20.0 Å². The van der Waals surface area contributed by atoms with E-state index in [1.807, 2.05) is 30.4 Å². The van der Waals surface area contributed by atoms with Crippen molar-refractivity contribution < 1.29 is 23.1 Å². The smallest absolute Gasteiger partial charge is 0.387 e. The Kier molecular flexibility index (Phi) is 8.62. The number of aromatic nitrogens is 3. The van der Waals surface area contributed by atoms with Gasteiger partial charge in [-0.05, 0) is 61.4 Å². The van der Waals surface area contributed by atoms with E-state index in [-0.39, 0.29) is 17.6 Å². The van der Waals surface area contributed by atoms with Crippen LogP contribution in [0.3, 0.4) is 0 Å². The molecule has 0 radical (unpaired) electrons. The van der Waals surface area contributed by atoms with Gasteiger partial charge in [-0.1, -0.05) is 13.3 Å². The van der Waals surface area contributed by atoms with Gasteiger partial charge in [-0.2, -0.15) is 8.78 Å². The van der Waals surface area contributed by atoms with Gasteiger partial charge in [0.15, 0.2) is 11.5 Å². The molecule has 0 aliphatic carbocycles. The lowest BCUT2D eigenvalue weighted by atomic mass is 10.1. The van der Waals surface area contributed by atoms with Crippen molar-refractivity contribution in [1.82, 2.24) is 24.2 Å². The third-order valence-electron chi connectivity index (χ3n) is 7.32. The number of benzene rings is 2. The molecule has 0 unspecified atom stereocenters. The van der Waals surface area contributed by atoms with E-state index in [9.17, 15) is 18.4 Å². The summed E-state index contributed by atoms with van der Waals surface area (Å²) in [5.41, 5.74) is 10.2. The molecule has 220 valence electrons. The lowest BCUT2D eigenvalue weighted by molar-refractivity contribution is -0.134. The molecule has 0 bridgehead atoms. The van der Waals surface area contributed by atoms with Crippen molar-refractivity contribution in [3.63, 3.8) is 0 Å². The van der Waals surface area contributed by atoms with Crippen LogP contribution in [0.15, 0.2) is 61.1 Å². The quantitative estimate of drug-likeness (QED) is 0.302. The molecular weight excluding hydrogens is 544 g/mol. The van der Waals surface area contributed by atoms with Crippen LogP contribution in [-0.4, -0.2) is 74.8 Å². The molecule has 3 N–H and O–H groups in total. The zero-order chi connectivity index (χ0) is 29.8. The fourth-order valence-electron chi connectivity index (χ4n) is 5.12. The number of nitrogens with zero attached hydrogens (tertiary/aromatic N) is 5. The molecule has 0 saturated carbocycles. The van der Waals surface area contributed by atoms with Crippen molar-refractivity contribution in [2.24, 2.45) is 5.73 Å². The molecule has 1 fully saturated rings. The summed E-state index contributed by atoms with van der Waals surface area (Å²) in [6.45, 7) is 2.85. The van der Waals surface area contributed by atoms with Crippen LogP contribution in [-0.2, 0) is 4.79 Å². The van der Waals surface area contributed by atoms with Crippen molar-refractivity contribution in [1.29, 1.82) is 0 Å². The Morgan fingerprint density at radius 1 is 1.05 bits per heavy atom. The minimum absolute atomic E-state index is 0.0545. The molecule has 5 rings (SSSR count). The summed E-state index contributed by atoms with van der Waals surface area (Å²) in [6.07, 6.45) is 6.59. The molecule has 2 aromatic carbocycles. The Morgan fingerprint density at radius 3 is 2.43 bits per heavy atom. The number of piperazine rings is 1. The summed E-state index contributed by atoms with van der Waals surface area (Å²) in [6, 6.07) is 11.3. The van der Waals surface area contributed by atoms with E-state index in [0.29, 0.717) is 49.6 Å². The van der Waals surface area contributed by atoms with Crippen molar-refractivity contribution in [3.05, 3.63) is 72.2 Å². The first-order valence-electron chi connectivity index (χ1n) is 13.8. The van der Waals surface area contributed by atoms with Gasteiger partial charge in [0.2, 0.25) is 5.91 Å². The molecular formula is C30H33F2N7O3. The van der Waals surface area contributed by atoms with Crippen LogP contribution in [0.2, 0.25) is 0 Å². The molecule has 42 heavy (non-hydrogen) atoms. The molecule has 2 amide bonds. The number of hydrogen-bond donors (Lipinski definition) is 2. The van der Waals surface area contributed by atoms with E-state index in [1.54, 1.807) is 46.6 Å². The first-order chi connectivity index (χ1) is 20.2. The molecule has 4 aromatic rings. The van der Waals surface area contributed by atoms with Gasteiger partial charge in [0.1, 0.15) is 5.75 Å². The summed E-state index contributed by atoms with van der Waals surface area (Å²) in [5, 5.41) is 3.29. The predicted octanol–water partition coefficient (Wildman–Crippen LogP) is 4.46. The Balaban J connectivity index is 1.27. The highest BCUT2D eigenvalue weighted by molar-refractivity contribution is 5.96. The highest BCUT2D eigenvalue weighted by atomic mass is 19.3. The van der Waals surface area contributed by atoms with Crippen LogP contribution in [0.1, 0.15) is 35.7 Å². The maximum atomic E-state index is 13.3. The first kappa shape index (κ1) is 28.9. The fraction of sp³-hybridized carbons (Fsp3) is 0.333. The Labute approximate surface area is 242 Å². The topological polar surface area (TPSA) is 118 Å². The molecule has 1 atom stereocenters. The number of hydrogen-bond acceptors (Lipinski definition) is 7. The highest BCUT2D eigenvalue weighted by Gasteiger charge is 2.28. The normalized spacial score (nSPS) is 14.3. The molecule has 1 aliphatic heterocycles. The summed E-state index contributed by atoms with van der Waals surface area (Å²) in [5.74, 6) is 0.462. The average molecular weight is 578 g/mol. The van der Waals surface area contributed by atoms with E-state index >= 15 is 0 Å². The third kappa shape index (κ3) is 6.18. The van der Waals surface area contributed by atoms with Gasteiger partial charge < -0.3 is 25.6 Å². The molecule has 10 nitrogen and oxygen atoms in total. The molecule has 3 heterocycles. The Morgan fingerprint density at radius 2 is 1.76 bits per heavy atom. The van der Waals surface area contributed by atoms with Gasteiger partial charge in [-0.15, -0.1) is 0 Å². The molecule has 12 heteroatoms. The Bertz CT molecular complexity index is 1570. The van der Waals surface area contributed by atoms with Crippen molar-refractivity contribution >= 4 is 29.0 Å². The fourth-order valence-corrected chi connectivity index (χ4v) is 5.12. The average Bonchev–Trinajstić information content (AvgIpc) is 3.42. The van der Waals surface area contributed by atoms with Gasteiger partial charge >= 0.3 is 6.61 Å². The zero-order valence-electron chi connectivity index (χ0n) is 23.5. The van der Waals surface area contributed by atoms with Gasteiger partial charge in [0.05, 0.1) is 17.9 Å². The van der Waals surface area contributed by atoms with E-state index in [0.717, 1.165) is 28.9 Å². The second-order valence-electron chi connectivity index (χ2n) is 10.2. The highest BCUT2D eigenvalue weighted by Crippen LogP contribution is 2.28. The number of carbonyl (C=O) groups is 2.